The van der Waals surface area contributed by atoms with Gasteiger partial charge in [0.25, 0.3) is 6.79 Å². The van der Waals surface area contributed by atoms with Crippen molar-refractivity contribution >= 4 is 0 Å². The number of ether oxygens (including phenoxy) is 2. The minimum Gasteiger partial charge on any atom is -0.337 e. The Hall–Kier alpha value is -0.0800. The van der Waals surface area contributed by atoms with Gasteiger partial charge >= 0.3 is 0 Å². The fraction of sp³-hybridized carbons (Fsp3) is 0.944. The largest absolute Gasteiger partial charge is 0.337 e. The van der Waals surface area contributed by atoms with E-state index in [1.165, 1.54) is 44.9 Å². The lowest BCUT2D eigenvalue weighted by atomic mass is 9.89. The van der Waals surface area contributed by atoms with Crippen molar-refractivity contribution in [2.24, 2.45) is 5.92 Å². The molecule has 0 spiro atoms. The second-order valence-corrected chi connectivity index (χ2v) is 6.46. The molecule has 2 radical (unpaired) electrons. The van der Waals surface area contributed by atoms with E-state index in [0.29, 0.717) is 12.2 Å². The SMILES string of the molecule is CCCCCC[C@@H](CCC)O[C]O[C@H]1CC[C@H](C)CC1. The highest BCUT2D eigenvalue weighted by Gasteiger charge is 2.19. The molecule has 1 atom stereocenters. The molecule has 118 valence electrons. The lowest BCUT2D eigenvalue weighted by Crippen LogP contribution is -2.21. The third kappa shape index (κ3) is 8.26. The summed E-state index contributed by atoms with van der Waals surface area (Å²) in [4.78, 5) is 0. The van der Waals surface area contributed by atoms with Crippen molar-refractivity contribution in [3.8, 4) is 0 Å². The first-order chi connectivity index (χ1) is 9.76. The van der Waals surface area contributed by atoms with E-state index in [0.717, 1.165) is 31.6 Å². The third-order valence-electron chi connectivity index (χ3n) is 4.38. The van der Waals surface area contributed by atoms with Gasteiger partial charge in [0.15, 0.2) is 0 Å². The molecule has 0 aromatic heterocycles. The molecule has 0 amide bonds. The van der Waals surface area contributed by atoms with Crippen LogP contribution in [0, 0.1) is 12.7 Å². The molecule has 2 heteroatoms. The van der Waals surface area contributed by atoms with Crippen LogP contribution in [0.5, 0.6) is 0 Å². The van der Waals surface area contributed by atoms with Gasteiger partial charge < -0.3 is 9.47 Å². The van der Waals surface area contributed by atoms with Crippen molar-refractivity contribution in [1.29, 1.82) is 0 Å². The molecule has 2 nitrogen and oxygen atoms in total. The number of unbranched alkanes of at least 4 members (excludes halogenated alkanes) is 3. The maximum Gasteiger partial charge on any atom is 0.292 e. The van der Waals surface area contributed by atoms with Crippen LogP contribution in [-0.4, -0.2) is 12.2 Å². The van der Waals surface area contributed by atoms with Crippen LogP contribution in [0.15, 0.2) is 0 Å². The lowest BCUT2D eigenvalue weighted by molar-refractivity contribution is -0.0688. The molecule has 1 aliphatic rings. The first-order valence-electron chi connectivity index (χ1n) is 8.82. The zero-order valence-corrected chi connectivity index (χ0v) is 13.8. The number of hydrogen-bond acceptors (Lipinski definition) is 2. The fourth-order valence-corrected chi connectivity index (χ4v) is 2.89. The number of hydrogen-bond donors (Lipinski definition) is 0. The standard InChI is InChI=1S/C18H34O2/c1-4-6-7-8-10-17(9-5-2)19-15-20-18-13-11-16(3)12-14-18/h16-18H,4-14H2,1-3H3/t16-,17-,18-/m1/s1. The Bertz CT molecular complexity index is 209. The molecule has 0 heterocycles. The summed E-state index contributed by atoms with van der Waals surface area (Å²) in [5, 5.41) is 0. The van der Waals surface area contributed by atoms with E-state index in [-0.39, 0.29) is 0 Å². The molecule has 1 rings (SSSR count). The third-order valence-corrected chi connectivity index (χ3v) is 4.38. The molecule has 1 aliphatic carbocycles. The van der Waals surface area contributed by atoms with Gasteiger partial charge in [0.1, 0.15) is 0 Å². The lowest BCUT2D eigenvalue weighted by Gasteiger charge is -2.26. The van der Waals surface area contributed by atoms with Crippen molar-refractivity contribution in [3.05, 3.63) is 6.79 Å². The topological polar surface area (TPSA) is 18.5 Å². The summed E-state index contributed by atoms with van der Waals surface area (Å²) in [6, 6.07) is 0. The highest BCUT2D eigenvalue weighted by Crippen LogP contribution is 2.26. The molecular formula is C18H34O2. The van der Waals surface area contributed by atoms with Gasteiger partial charge in [-0.1, -0.05) is 52.9 Å². The van der Waals surface area contributed by atoms with Gasteiger partial charge in [-0.25, -0.2) is 0 Å². The molecule has 20 heavy (non-hydrogen) atoms. The van der Waals surface area contributed by atoms with Crippen molar-refractivity contribution in [2.45, 2.75) is 104 Å². The fourth-order valence-electron chi connectivity index (χ4n) is 2.89. The minimum absolute atomic E-state index is 0.305. The molecule has 0 N–H and O–H groups in total. The maximum absolute atomic E-state index is 5.72. The molecule has 0 saturated heterocycles. The minimum atomic E-state index is 0.305. The highest BCUT2D eigenvalue weighted by molar-refractivity contribution is 4.70. The molecule has 0 unspecified atom stereocenters. The zero-order valence-electron chi connectivity index (χ0n) is 13.8. The predicted octanol–water partition coefficient (Wildman–Crippen LogP) is 5.73. The predicted molar refractivity (Wildman–Crippen MR) is 84.3 cm³/mol. The summed E-state index contributed by atoms with van der Waals surface area (Å²) in [7, 11) is 0. The highest BCUT2D eigenvalue weighted by atomic mass is 16.7. The monoisotopic (exact) mass is 282 g/mol. The van der Waals surface area contributed by atoms with Gasteiger partial charge in [-0.3, -0.25) is 0 Å². The van der Waals surface area contributed by atoms with Gasteiger partial charge in [0.05, 0.1) is 12.2 Å². The zero-order chi connectivity index (χ0) is 14.6. The smallest absolute Gasteiger partial charge is 0.292 e. The molecule has 1 saturated carbocycles. The van der Waals surface area contributed by atoms with Crippen molar-refractivity contribution in [1.82, 2.24) is 0 Å². The summed E-state index contributed by atoms with van der Waals surface area (Å²) in [6.45, 7) is 9.59. The average molecular weight is 282 g/mol. The first-order valence-corrected chi connectivity index (χ1v) is 8.82. The van der Waals surface area contributed by atoms with Gasteiger partial charge in [0.2, 0.25) is 0 Å². The van der Waals surface area contributed by atoms with Crippen molar-refractivity contribution in [3.63, 3.8) is 0 Å². The van der Waals surface area contributed by atoms with Crippen LogP contribution < -0.4 is 0 Å². The quantitative estimate of drug-likeness (QED) is 0.450. The molecule has 0 aliphatic heterocycles. The Kier molecular flexibility index (Phi) is 10.4. The Labute approximate surface area is 126 Å². The van der Waals surface area contributed by atoms with E-state index >= 15 is 0 Å². The summed E-state index contributed by atoms with van der Waals surface area (Å²) < 4.78 is 11.4. The molecule has 0 bridgehead atoms. The Morgan fingerprint density at radius 3 is 2.35 bits per heavy atom. The van der Waals surface area contributed by atoms with E-state index in [9.17, 15) is 0 Å². The van der Waals surface area contributed by atoms with Crippen molar-refractivity contribution in [2.75, 3.05) is 0 Å². The van der Waals surface area contributed by atoms with Gasteiger partial charge in [0, 0.05) is 0 Å². The average Bonchev–Trinajstić information content (AvgIpc) is 2.45. The Morgan fingerprint density at radius 1 is 0.950 bits per heavy atom. The first kappa shape index (κ1) is 18.0. The Morgan fingerprint density at radius 2 is 1.70 bits per heavy atom. The van der Waals surface area contributed by atoms with Crippen LogP contribution in [-0.2, 0) is 9.47 Å². The van der Waals surface area contributed by atoms with Gasteiger partial charge in [-0.05, 0) is 44.4 Å². The van der Waals surface area contributed by atoms with Crippen LogP contribution >= 0.6 is 0 Å². The van der Waals surface area contributed by atoms with E-state index in [2.05, 4.69) is 27.6 Å². The molecule has 0 aromatic rings. The summed E-state index contributed by atoms with van der Waals surface area (Å²) in [5.74, 6) is 0.863. The summed E-state index contributed by atoms with van der Waals surface area (Å²) in [5.41, 5.74) is 0. The van der Waals surface area contributed by atoms with Crippen LogP contribution in [0.1, 0.15) is 91.4 Å². The van der Waals surface area contributed by atoms with E-state index < -0.39 is 0 Å². The summed E-state index contributed by atoms with van der Waals surface area (Å²) in [6.07, 6.45) is 14.2. The normalized spacial score (nSPS) is 24.8. The van der Waals surface area contributed by atoms with Gasteiger partial charge in [-0.2, -0.15) is 0 Å². The van der Waals surface area contributed by atoms with Crippen LogP contribution in [0.4, 0.5) is 0 Å². The maximum atomic E-state index is 5.72. The Balaban J connectivity index is 2.08. The number of rotatable bonds is 11. The van der Waals surface area contributed by atoms with Gasteiger partial charge in [-0.15, -0.1) is 0 Å². The van der Waals surface area contributed by atoms with Crippen LogP contribution in [0.3, 0.4) is 0 Å². The second kappa shape index (κ2) is 11.6. The van der Waals surface area contributed by atoms with E-state index in [4.69, 9.17) is 9.47 Å². The van der Waals surface area contributed by atoms with E-state index in [1.807, 2.05) is 0 Å². The molecule has 0 aromatic carbocycles. The summed E-state index contributed by atoms with van der Waals surface area (Å²) >= 11 is 0. The second-order valence-electron chi connectivity index (χ2n) is 6.46. The van der Waals surface area contributed by atoms with Crippen LogP contribution in [0.25, 0.3) is 0 Å². The molecule has 1 fully saturated rings. The van der Waals surface area contributed by atoms with Crippen LogP contribution in [0.2, 0.25) is 0 Å². The van der Waals surface area contributed by atoms with E-state index in [1.54, 1.807) is 0 Å². The van der Waals surface area contributed by atoms with Crippen molar-refractivity contribution < 1.29 is 9.47 Å². The molecular weight excluding hydrogens is 248 g/mol.